The van der Waals surface area contributed by atoms with Gasteiger partial charge in [0, 0.05) is 45.5 Å². The van der Waals surface area contributed by atoms with Crippen molar-refractivity contribution in [2.75, 3.05) is 25.5 Å². The van der Waals surface area contributed by atoms with E-state index >= 15 is 0 Å². The van der Waals surface area contributed by atoms with Gasteiger partial charge < -0.3 is 20.9 Å². The van der Waals surface area contributed by atoms with Gasteiger partial charge in [0.25, 0.3) is 0 Å². The summed E-state index contributed by atoms with van der Waals surface area (Å²) in [6.45, 7) is 13.9. The van der Waals surface area contributed by atoms with E-state index in [1.165, 1.54) is 13.3 Å². The molecule has 0 aromatic heterocycles. The van der Waals surface area contributed by atoms with Crippen LogP contribution in [0.5, 0.6) is 0 Å². The lowest BCUT2D eigenvalue weighted by Gasteiger charge is -2.39. The van der Waals surface area contributed by atoms with E-state index in [1.807, 2.05) is 54.6 Å². The summed E-state index contributed by atoms with van der Waals surface area (Å²) in [6, 6.07) is 17.7. The molecule has 1 fully saturated rings. The van der Waals surface area contributed by atoms with Gasteiger partial charge in [-0.1, -0.05) is 71.4 Å². The molecule has 1 aliphatic heterocycles. The first kappa shape index (κ1) is 30.6. The maximum atomic E-state index is 12.6. The Morgan fingerprint density at radius 3 is 2.13 bits per heavy atom. The molecule has 0 unspecified atom stereocenters. The van der Waals surface area contributed by atoms with Crippen LogP contribution in [0, 0.1) is 17.8 Å². The summed E-state index contributed by atoms with van der Waals surface area (Å²) >= 11 is 0. The van der Waals surface area contributed by atoms with Crippen LogP contribution in [0.3, 0.4) is 0 Å². The molecule has 3 rings (SSSR count). The Balaban J connectivity index is 0.000000926. The van der Waals surface area contributed by atoms with E-state index in [1.54, 1.807) is 23.0 Å². The van der Waals surface area contributed by atoms with Gasteiger partial charge in [-0.3, -0.25) is 14.6 Å². The van der Waals surface area contributed by atoms with E-state index in [9.17, 15) is 9.59 Å². The first-order valence-electron chi connectivity index (χ1n) is 13.5. The molecular weight excluding hydrogens is 474 g/mol. The second-order valence-corrected chi connectivity index (χ2v) is 10.5. The summed E-state index contributed by atoms with van der Waals surface area (Å²) in [5.74, 6) is 1.05. The van der Waals surface area contributed by atoms with E-state index in [2.05, 4.69) is 39.9 Å². The average molecular weight is 520 g/mol. The molecule has 0 aliphatic carbocycles. The van der Waals surface area contributed by atoms with Crippen LogP contribution in [0.15, 0.2) is 71.5 Å². The summed E-state index contributed by atoms with van der Waals surface area (Å²) in [5, 5.41) is 3.37. The van der Waals surface area contributed by atoms with E-state index in [4.69, 9.17) is 10.7 Å². The van der Waals surface area contributed by atoms with Crippen molar-refractivity contribution in [2.24, 2.45) is 28.5 Å². The van der Waals surface area contributed by atoms with Gasteiger partial charge in [0.05, 0.1) is 23.0 Å². The topological polar surface area (TPSA) is 91.0 Å². The van der Waals surface area contributed by atoms with E-state index in [-0.39, 0.29) is 23.7 Å². The van der Waals surface area contributed by atoms with Crippen molar-refractivity contribution >= 4 is 28.9 Å². The number of allylic oxidation sites excluding steroid dienone is 1. The number of carbonyl (C=O) groups excluding carboxylic acids is 2. The molecule has 2 amide bonds. The minimum absolute atomic E-state index is 0.0186. The standard InChI is InChI=1S/C26H33N5O2.C5H12/c1-18(2)25(29-22-8-6-5-7-9-22)24(14-27)28-23-12-10-20(11-13-23)15-30(4)26(33)21-16-31(17-21)19(3)32;1-4-5(2)3/h5-14,18,21,28H,15-17,27H2,1-4H3;5H,4H2,1-3H3/b24-14+,29-25?;. The van der Waals surface area contributed by atoms with Crippen molar-refractivity contribution in [3.8, 4) is 0 Å². The zero-order valence-corrected chi connectivity index (χ0v) is 24.1. The predicted molar refractivity (Wildman–Crippen MR) is 158 cm³/mol. The Bertz CT molecular complexity index is 1090. The number of anilines is 1. The van der Waals surface area contributed by atoms with Crippen molar-refractivity contribution in [3.05, 3.63) is 72.1 Å². The number of likely N-dealkylation sites (tertiary alicyclic amines) is 1. The Morgan fingerprint density at radius 2 is 1.66 bits per heavy atom. The van der Waals surface area contributed by atoms with Gasteiger partial charge in [-0.25, -0.2) is 0 Å². The first-order chi connectivity index (χ1) is 18.0. The SMILES string of the molecule is CC(=O)N1CC(C(=O)N(C)Cc2ccc(N/C(=C/N)C(=Nc3ccccc3)C(C)C)cc2)C1.CCC(C)C. The predicted octanol–water partition coefficient (Wildman–Crippen LogP) is 5.82. The zero-order chi connectivity index (χ0) is 28.2. The molecule has 0 bridgehead atoms. The minimum atomic E-state index is -0.101. The van der Waals surface area contributed by atoms with Gasteiger partial charge in [-0.05, 0) is 41.7 Å². The fourth-order valence-corrected chi connectivity index (χ4v) is 3.74. The summed E-state index contributed by atoms with van der Waals surface area (Å²) in [4.78, 5) is 32.1. The Hall–Kier alpha value is -3.61. The summed E-state index contributed by atoms with van der Waals surface area (Å²) in [6.07, 6.45) is 2.85. The van der Waals surface area contributed by atoms with Crippen LogP contribution in [-0.4, -0.2) is 47.5 Å². The molecule has 1 heterocycles. The molecule has 206 valence electrons. The lowest BCUT2D eigenvalue weighted by Crippen LogP contribution is -2.55. The molecule has 2 aromatic carbocycles. The number of nitrogens with one attached hydrogen (secondary N) is 1. The Kier molecular flexibility index (Phi) is 12.1. The maximum absolute atomic E-state index is 12.6. The number of amides is 2. The zero-order valence-electron chi connectivity index (χ0n) is 24.1. The molecule has 7 nitrogen and oxygen atoms in total. The molecular formula is C31H45N5O2. The van der Waals surface area contributed by atoms with E-state index in [0.717, 1.165) is 34.3 Å². The quantitative estimate of drug-likeness (QED) is 0.409. The highest BCUT2D eigenvalue weighted by atomic mass is 16.2. The molecule has 1 aliphatic rings. The van der Waals surface area contributed by atoms with Gasteiger partial charge in [0.1, 0.15) is 0 Å². The second kappa shape index (κ2) is 15.0. The third kappa shape index (κ3) is 9.36. The smallest absolute Gasteiger partial charge is 0.229 e. The van der Waals surface area contributed by atoms with Gasteiger partial charge in [-0.15, -0.1) is 0 Å². The largest absolute Gasteiger partial charge is 0.403 e. The third-order valence-corrected chi connectivity index (χ3v) is 6.52. The van der Waals surface area contributed by atoms with Gasteiger partial charge in [0.2, 0.25) is 11.8 Å². The average Bonchev–Trinajstić information content (AvgIpc) is 2.86. The highest BCUT2D eigenvalue weighted by molar-refractivity contribution is 6.05. The fourth-order valence-electron chi connectivity index (χ4n) is 3.74. The number of nitrogens with zero attached hydrogens (tertiary/aromatic N) is 3. The molecule has 0 spiro atoms. The molecule has 1 saturated heterocycles. The van der Waals surface area contributed by atoms with Crippen LogP contribution in [-0.2, 0) is 16.1 Å². The number of aliphatic imine (C=N–C) groups is 1. The number of rotatable bonds is 9. The van der Waals surface area contributed by atoms with Crippen molar-refractivity contribution in [1.29, 1.82) is 0 Å². The normalized spacial score (nSPS) is 14.1. The summed E-state index contributed by atoms with van der Waals surface area (Å²) < 4.78 is 0. The molecule has 0 radical (unpaired) electrons. The van der Waals surface area contributed by atoms with Crippen molar-refractivity contribution in [2.45, 2.75) is 54.5 Å². The van der Waals surface area contributed by atoms with Gasteiger partial charge >= 0.3 is 0 Å². The van der Waals surface area contributed by atoms with Crippen LogP contribution >= 0.6 is 0 Å². The highest BCUT2D eigenvalue weighted by Gasteiger charge is 2.35. The number of para-hydroxylation sites is 1. The van der Waals surface area contributed by atoms with E-state index in [0.29, 0.717) is 19.6 Å². The second-order valence-electron chi connectivity index (χ2n) is 10.5. The van der Waals surface area contributed by atoms with Crippen LogP contribution in [0.2, 0.25) is 0 Å². The first-order valence-corrected chi connectivity index (χ1v) is 13.5. The van der Waals surface area contributed by atoms with Crippen LogP contribution < -0.4 is 11.1 Å². The number of carbonyl (C=O) groups is 2. The van der Waals surface area contributed by atoms with Gasteiger partial charge in [-0.2, -0.15) is 0 Å². The maximum Gasteiger partial charge on any atom is 0.229 e. The number of hydrogen-bond acceptors (Lipinski definition) is 5. The summed E-state index contributed by atoms with van der Waals surface area (Å²) in [5.41, 5.74) is 10.4. The molecule has 38 heavy (non-hydrogen) atoms. The minimum Gasteiger partial charge on any atom is -0.403 e. The Morgan fingerprint density at radius 1 is 1.08 bits per heavy atom. The third-order valence-electron chi connectivity index (χ3n) is 6.52. The molecule has 0 atom stereocenters. The van der Waals surface area contributed by atoms with Crippen molar-refractivity contribution in [1.82, 2.24) is 9.80 Å². The Labute approximate surface area is 228 Å². The number of nitrogens with two attached hydrogens (primary N) is 1. The summed E-state index contributed by atoms with van der Waals surface area (Å²) in [7, 11) is 1.80. The number of benzene rings is 2. The lowest BCUT2D eigenvalue weighted by atomic mass is 9.98. The molecule has 2 aromatic rings. The number of hydrogen-bond donors (Lipinski definition) is 2. The van der Waals surface area contributed by atoms with Crippen molar-refractivity contribution in [3.63, 3.8) is 0 Å². The fraction of sp³-hybridized carbons (Fsp3) is 0.452. The highest BCUT2D eigenvalue weighted by Crippen LogP contribution is 2.21. The monoisotopic (exact) mass is 519 g/mol. The molecule has 3 N–H and O–H groups in total. The van der Waals surface area contributed by atoms with Crippen LogP contribution in [0.1, 0.15) is 53.5 Å². The lowest BCUT2D eigenvalue weighted by molar-refractivity contribution is -0.146. The van der Waals surface area contributed by atoms with Crippen LogP contribution in [0.4, 0.5) is 11.4 Å². The van der Waals surface area contributed by atoms with Gasteiger partial charge in [0.15, 0.2) is 0 Å². The molecule has 7 heteroatoms. The molecule has 0 saturated carbocycles. The van der Waals surface area contributed by atoms with Crippen molar-refractivity contribution < 1.29 is 9.59 Å². The van der Waals surface area contributed by atoms with E-state index < -0.39 is 0 Å². The van der Waals surface area contributed by atoms with Crippen LogP contribution in [0.25, 0.3) is 0 Å².